The maximum Gasteiger partial charge on any atom is 0.339 e. The lowest BCUT2D eigenvalue weighted by atomic mass is 10.2. The fraction of sp³-hybridized carbons (Fsp3) is 0.304. The third-order valence-corrected chi connectivity index (χ3v) is 5.16. The first-order valence-electron chi connectivity index (χ1n) is 9.91. The highest BCUT2D eigenvalue weighted by Gasteiger charge is 2.35. The number of nitrogens with one attached hydrogen (secondary N) is 1. The number of anilines is 1. The molecule has 1 aromatic carbocycles. The number of carbonyl (C=O) groups excluding carboxylic acids is 3. The number of nitrogens with zero attached hydrogens (tertiary/aromatic N) is 2. The summed E-state index contributed by atoms with van der Waals surface area (Å²) in [5.41, 5.74) is 2.55. The standard InChI is InChI=1S/C23H25N3O6/c1-14-15(2)22(26(21(14)28)12-16-5-8-18(30-3)9-6-16)32-13-20(27)25-19-10-7-17(11-24-19)23(29)31-4/h5-11,22H,12-13H2,1-4H3,(H,24,25,27). The van der Waals surface area contributed by atoms with Crippen molar-refractivity contribution in [3.8, 4) is 5.75 Å². The number of ether oxygens (including phenoxy) is 3. The van der Waals surface area contributed by atoms with E-state index in [1.54, 1.807) is 18.9 Å². The van der Waals surface area contributed by atoms with E-state index in [1.807, 2.05) is 31.2 Å². The van der Waals surface area contributed by atoms with Crippen LogP contribution in [0.25, 0.3) is 0 Å². The van der Waals surface area contributed by atoms with Crippen molar-refractivity contribution in [3.63, 3.8) is 0 Å². The number of esters is 1. The fourth-order valence-electron chi connectivity index (χ4n) is 3.25. The third-order valence-electron chi connectivity index (χ3n) is 5.16. The van der Waals surface area contributed by atoms with Gasteiger partial charge < -0.3 is 24.4 Å². The summed E-state index contributed by atoms with van der Waals surface area (Å²) in [6.45, 7) is 3.62. The first-order valence-corrected chi connectivity index (χ1v) is 9.91. The van der Waals surface area contributed by atoms with Gasteiger partial charge in [-0.05, 0) is 49.2 Å². The SMILES string of the molecule is COC(=O)c1ccc(NC(=O)COC2C(C)=C(C)C(=O)N2Cc2ccc(OC)cc2)nc1. The van der Waals surface area contributed by atoms with E-state index >= 15 is 0 Å². The van der Waals surface area contributed by atoms with Gasteiger partial charge in [-0.25, -0.2) is 9.78 Å². The summed E-state index contributed by atoms with van der Waals surface area (Å²) in [6.07, 6.45) is 0.662. The van der Waals surface area contributed by atoms with Crippen molar-refractivity contribution in [1.29, 1.82) is 0 Å². The molecule has 1 unspecified atom stereocenters. The van der Waals surface area contributed by atoms with E-state index in [-0.39, 0.29) is 23.9 Å². The zero-order chi connectivity index (χ0) is 23.3. The molecule has 0 saturated heterocycles. The maximum atomic E-state index is 12.7. The van der Waals surface area contributed by atoms with Crippen molar-refractivity contribution in [2.24, 2.45) is 0 Å². The number of carbonyl (C=O) groups is 3. The molecule has 9 nitrogen and oxygen atoms in total. The molecular formula is C23H25N3O6. The van der Waals surface area contributed by atoms with Crippen molar-refractivity contribution in [3.05, 3.63) is 64.9 Å². The van der Waals surface area contributed by atoms with Crippen LogP contribution in [-0.4, -0.2) is 54.7 Å². The van der Waals surface area contributed by atoms with Crippen LogP contribution in [0.2, 0.25) is 0 Å². The molecule has 2 amide bonds. The Bertz CT molecular complexity index is 1030. The minimum Gasteiger partial charge on any atom is -0.497 e. The normalized spacial score (nSPS) is 15.7. The molecule has 1 N–H and O–H groups in total. The summed E-state index contributed by atoms with van der Waals surface area (Å²) in [5, 5.41) is 2.60. The number of hydrogen-bond acceptors (Lipinski definition) is 7. The molecule has 0 bridgehead atoms. The van der Waals surface area contributed by atoms with Gasteiger partial charge in [-0.15, -0.1) is 0 Å². The molecule has 168 valence electrons. The van der Waals surface area contributed by atoms with Gasteiger partial charge in [0.1, 0.15) is 18.2 Å². The molecule has 0 saturated carbocycles. The number of amides is 2. The lowest BCUT2D eigenvalue weighted by molar-refractivity contribution is -0.140. The minimum atomic E-state index is -0.648. The second kappa shape index (κ2) is 10.1. The van der Waals surface area contributed by atoms with Crippen molar-refractivity contribution < 1.29 is 28.6 Å². The van der Waals surface area contributed by atoms with E-state index in [0.29, 0.717) is 12.1 Å². The van der Waals surface area contributed by atoms with Gasteiger partial charge in [0, 0.05) is 18.3 Å². The van der Waals surface area contributed by atoms with Crippen LogP contribution in [0, 0.1) is 0 Å². The number of hydrogen-bond donors (Lipinski definition) is 1. The van der Waals surface area contributed by atoms with Gasteiger partial charge in [-0.1, -0.05) is 12.1 Å². The Balaban J connectivity index is 1.62. The van der Waals surface area contributed by atoms with Crippen molar-refractivity contribution >= 4 is 23.6 Å². The molecule has 0 aliphatic carbocycles. The van der Waals surface area contributed by atoms with E-state index in [0.717, 1.165) is 16.9 Å². The number of benzene rings is 1. The molecule has 0 fully saturated rings. The van der Waals surface area contributed by atoms with Gasteiger partial charge in [0.15, 0.2) is 6.23 Å². The van der Waals surface area contributed by atoms with Gasteiger partial charge in [-0.3, -0.25) is 9.59 Å². The fourth-order valence-corrected chi connectivity index (χ4v) is 3.25. The van der Waals surface area contributed by atoms with Crippen molar-refractivity contribution in [2.75, 3.05) is 26.1 Å². The highest BCUT2D eigenvalue weighted by Crippen LogP contribution is 2.28. The van der Waals surface area contributed by atoms with Gasteiger partial charge in [0.25, 0.3) is 11.8 Å². The van der Waals surface area contributed by atoms with Crippen LogP contribution in [0.15, 0.2) is 53.7 Å². The smallest absolute Gasteiger partial charge is 0.339 e. The molecule has 0 spiro atoms. The molecule has 32 heavy (non-hydrogen) atoms. The second-order valence-electron chi connectivity index (χ2n) is 7.22. The summed E-state index contributed by atoms with van der Waals surface area (Å²) in [6, 6.07) is 10.4. The predicted octanol–water partition coefficient (Wildman–Crippen LogP) is 2.54. The third kappa shape index (κ3) is 5.12. The Morgan fingerprint density at radius 1 is 1.09 bits per heavy atom. The average Bonchev–Trinajstić information content (AvgIpc) is 3.01. The van der Waals surface area contributed by atoms with E-state index in [2.05, 4.69) is 15.0 Å². The zero-order valence-electron chi connectivity index (χ0n) is 18.4. The van der Waals surface area contributed by atoms with Crippen molar-refractivity contribution in [2.45, 2.75) is 26.6 Å². The van der Waals surface area contributed by atoms with E-state index < -0.39 is 18.1 Å². The molecule has 1 aromatic heterocycles. The van der Waals surface area contributed by atoms with Crippen LogP contribution in [0.3, 0.4) is 0 Å². The van der Waals surface area contributed by atoms with Gasteiger partial charge in [0.05, 0.1) is 19.8 Å². The Kier molecular flexibility index (Phi) is 7.21. The molecule has 1 aliphatic heterocycles. The first-order chi connectivity index (χ1) is 15.3. The highest BCUT2D eigenvalue weighted by atomic mass is 16.5. The zero-order valence-corrected chi connectivity index (χ0v) is 18.4. The largest absolute Gasteiger partial charge is 0.497 e. The first kappa shape index (κ1) is 23.0. The predicted molar refractivity (Wildman–Crippen MR) is 116 cm³/mol. The second-order valence-corrected chi connectivity index (χ2v) is 7.22. The summed E-state index contributed by atoms with van der Waals surface area (Å²) < 4.78 is 15.6. The number of aromatic nitrogens is 1. The minimum absolute atomic E-state index is 0.135. The van der Waals surface area contributed by atoms with Gasteiger partial charge >= 0.3 is 5.97 Å². The summed E-state index contributed by atoms with van der Waals surface area (Å²) in [7, 11) is 2.87. The number of methoxy groups -OCH3 is 2. The maximum absolute atomic E-state index is 12.7. The molecular weight excluding hydrogens is 414 g/mol. The molecule has 2 heterocycles. The highest BCUT2D eigenvalue weighted by molar-refractivity contribution is 5.97. The molecule has 3 rings (SSSR count). The van der Waals surface area contributed by atoms with Crippen LogP contribution in [0.1, 0.15) is 29.8 Å². The Morgan fingerprint density at radius 2 is 1.81 bits per heavy atom. The van der Waals surface area contributed by atoms with E-state index in [9.17, 15) is 14.4 Å². The molecule has 9 heteroatoms. The lowest BCUT2D eigenvalue weighted by Crippen LogP contribution is -2.38. The topological polar surface area (TPSA) is 107 Å². The summed E-state index contributed by atoms with van der Waals surface area (Å²) in [5.74, 6) is -0.0857. The Hall–Kier alpha value is -3.72. The number of rotatable bonds is 8. The van der Waals surface area contributed by atoms with Crippen LogP contribution in [-0.2, 0) is 25.6 Å². The Morgan fingerprint density at radius 3 is 2.41 bits per heavy atom. The van der Waals surface area contributed by atoms with Gasteiger partial charge in [-0.2, -0.15) is 0 Å². The summed E-state index contributed by atoms with van der Waals surface area (Å²) in [4.78, 5) is 42.1. The monoisotopic (exact) mass is 439 g/mol. The molecule has 1 atom stereocenters. The quantitative estimate of drug-likeness (QED) is 0.630. The summed E-state index contributed by atoms with van der Waals surface area (Å²) >= 11 is 0. The molecule has 1 aliphatic rings. The average molecular weight is 439 g/mol. The lowest BCUT2D eigenvalue weighted by Gasteiger charge is -2.26. The molecule has 0 radical (unpaired) electrons. The van der Waals surface area contributed by atoms with Crippen molar-refractivity contribution in [1.82, 2.24) is 9.88 Å². The van der Waals surface area contributed by atoms with Crippen LogP contribution >= 0.6 is 0 Å². The van der Waals surface area contributed by atoms with Crippen LogP contribution in [0.5, 0.6) is 5.75 Å². The van der Waals surface area contributed by atoms with Crippen LogP contribution in [0.4, 0.5) is 5.82 Å². The molecule has 2 aromatic rings. The van der Waals surface area contributed by atoms with Gasteiger partial charge in [0.2, 0.25) is 0 Å². The Labute approximate surface area is 186 Å². The van der Waals surface area contributed by atoms with E-state index in [1.165, 1.54) is 25.4 Å². The van der Waals surface area contributed by atoms with E-state index in [4.69, 9.17) is 9.47 Å². The number of pyridine rings is 1. The van der Waals surface area contributed by atoms with Crippen LogP contribution < -0.4 is 10.1 Å².